The second-order valence-corrected chi connectivity index (χ2v) is 10.7. The van der Waals surface area contributed by atoms with Gasteiger partial charge in [-0.2, -0.15) is 4.72 Å². The van der Waals surface area contributed by atoms with E-state index in [2.05, 4.69) is 25.8 Å². The summed E-state index contributed by atoms with van der Waals surface area (Å²) in [6.45, 7) is 3.99. The molecule has 1 aliphatic heterocycles. The van der Waals surface area contributed by atoms with Crippen LogP contribution in [0.25, 0.3) is 0 Å². The molecular weight excluding hydrogens is 482 g/mol. The molecule has 0 bridgehead atoms. The van der Waals surface area contributed by atoms with E-state index in [-0.39, 0.29) is 11.3 Å². The van der Waals surface area contributed by atoms with E-state index in [0.717, 1.165) is 30.5 Å². The zero-order chi connectivity index (χ0) is 24.8. The van der Waals surface area contributed by atoms with Crippen molar-refractivity contribution in [3.63, 3.8) is 0 Å². The van der Waals surface area contributed by atoms with E-state index in [1.54, 1.807) is 13.0 Å². The summed E-state index contributed by atoms with van der Waals surface area (Å²) in [7, 11) is -4.27. The van der Waals surface area contributed by atoms with Crippen molar-refractivity contribution in [3.05, 3.63) is 39.8 Å². The molecule has 0 saturated carbocycles. The van der Waals surface area contributed by atoms with E-state index in [1.165, 1.54) is 29.5 Å². The van der Waals surface area contributed by atoms with Crippen LogP contribution in [0.1, 0.15) is 28.4 Å². The molecule has 0 spiro atoms. The molecule has 1 atom stereocenters. The Hall–Kier alpha value is -2.94. The second-order valence-electron chi connectivity index (χ2n) is 7.87. The van der Waals surface area contributed by atoms with E-state index in [1.807, 2.05) is 4.72 Å². The Labute approximate surface area is 201 Å². The van der Waals surface area contributed by atoms with Crippen LogP contribution in [0, 0.1) is 6.92 Å². The van der Waals surface area contributed by atoms with Crippen LogP contribution in [-0.4, -0.2) is 66.7 Å². The highest BCUT2D eigenvalue weighted by molar-refractivity contribution is 7.89. The zero-order valence-electron chi connectivity index (χ0n) is 18.6. The number of aliphatic imine (C=N–C) groups is 1. The molecule has 34 heavy (non-hydrogen) atoms. The molecule has 1 aromatic carbocycles. The fourth-order valence-corrected chi connectivity index (χ4v) is 5.47. The average Bonchev–Trinajstić information content (AvgIpc) is 3.42. The number of guanidine groups is 1. The summed E-state index contributed by atoms with van der Waals surface area (Å²) in [4.78, 5) is 28.4. The first kappa shape index (κ1) is 25.7. The summed E-state index contributed by atoms with van der Waals surface area (Å²) < 4.78 is 27.3. The fraction of sp³-hybridized carbons (Fsp3) is 0.450. The number of sulfonamides is 1. The number of nitrogens with zero attached hydrogens (tertiary/aromatic N) is 3. The lowest BCUT2D eigenvalue weighted by Gasteiger charge is -2.25. The van der Waals surface area contributed by atoms with Crippen LogP contribution in [0.2, 0.25) is 0 Å². The van der Waals surface area contributed by atoms with Crippen molar-refractivity contribution < 1.29 is 23.1 Å². The van der Waals surface area contributed by atoms with Gasteiger partial charge >= 0.3 is 5.97 Å². The van der Waals surface area contributed by atoms with E-state index in [0.29, 0.717) is 23.5 Å². The van der Waals surface area contributed by atoms with Gasteiger partial charge in [0, 0.05) is 19.5 Å². The maximum absolute atomic E-state index is 12.7. The van der Waals surface area contributed by atoms with Gasteiger partial charge < -0.3 is 21.5 Å². The number of carbonyl (C=O) groups excluding carboxylic acids is 1. The molecular formula is C20H27N7O5S2. The number of Topliss-reactive ketones (excluding diaryl/α,β-unsaturated/α-hetero) is 1. The predicted molar refractivity (Wildman–Crippen MR) is 126 cm³/mol. The molecule has 0 radical (unpaired) electrons. The summed E-state index contributed by atoms with van der Waals surface area (Å²) in [5.41, 5.74) is 4.00. The molecule has 3 rings (SSSR count). The average molecular weight is 510 g/mol. The van der Waals surface area contributed by atoms with Crippen LogP contribution < -0.4 is 21.1 Å². The van der Waals surface area contributed by atoms with E-state index in [9.17, 15) is 23.1 Å². The fourth-order valence-electron chi connectivity index (χ4n) is 3.20. The number of aliphatic carboxylic acids is 1. The van der Waals surface area contributed by atoms with Crippen molar-refractivity contribution in [1.82, 2.24) is 25.6 Å². The number of aryl methyl sites for hydroxylation is 2. The Bertz CT molecular complexity index is 1180. The summed E-state index contributed by atoms with van der Waals surface area (Å²) >= 11 is 1.25. The SMILES string of the molecule is Cc1cccc(S(=O)(=O)NC(N)(CC(=O)Cc2nnc(CCCNC3=NCCN3)s2)C(=O)O)c1. The molecule has 184 valence electrons. The molecule has 0 amide bonds. The molecule has 1 unspecified atom stereocenters. The lowest BCUT2D eigenvalue weighted by molar-refractivity contribution is -0.146. The van der Waals surface area contributed by atoms with E-state index >= 15 is 0 Å². The maximum atomic E-state index is 12.7. The summed E-state index contributed by atoms with van der Waals surface area (Å²) in [6, 6.07) is 5.92. The number of carboxylic acid groups (broad SMARTS) is 1. The Kier molecular flexibility index (Phi) is 8.30. The number of hydrogen-bond donors (Lipinski definition) is 5. The second kappa shape index (κ2) is 11.0. The van der Waals surface area contributed by atoms with Crippen LogP contribution >= 0.6 is 11.3 Å². The lowest BCUT2D eigenvalue weighted by atomic mass is 10.0. The number of benzene rings is 1. The van der Waals surface area contributed by atoms with Crippen LogP contribution in [0.3, 0.4) is 0 Å². The van der Waals surface area contributed by atoms with Gasteiger partial charge in [-0.15, -0.1) is 21.5 Å². The van der Waals surface area contributed by atoms with Crippen molar-refractivity contribution in [2.24, 2.45) is 10.7 Å². The first-order valence-electron chi connectivity index (χ1n) is 10.6. The normalized spacial score (nSPS) is 15.3. The quantitative estimate of drug-likeness (QED) is 0.185. The van der Waals surface area contributed by atoms with Gasteiger partial charge in [-0.05, 0) is 31.0 Å². The van der Waals surface area contributed by atoms with Crippen molar-refractivity contribution in [1.29, 1.82) is 0 Å². The first-order valence-corrected chi connectivity index (χ1v) is 12.9. The lowest BCUT2D eigenvalue weighted by Crippen LogP contribution is -2.62. The number of carbonyl (C=O) groups is 2. The van der Waals surface area contributed by atoms with Crippen LogP contribution in [0.15, 0.2) is 34.2 Å². The van der Waals surface area contributed by atoms with Crippen molar-refractivity contribution in [2.45, 2.75) is 43.2 Å². The highest BCUT2D eigenvalue weighted by atomic mass is 32.2. The first-order chi connectivity index (χ1) is 16.1. The van der Waals surface area contributed by atoms with E-state index < -0.39 is 33.9 Å². The third kappa shape index (κ3) is 7.03. The molecule has 1 aliphatic rings. The number of nitrogens with one attached hydrogen (secondary N) is 3. The van der Waals surface area contributed by atoms with Gasteiger partial charge in [-0.1, -0.05) is 12.1 Å². The Morgan fingerprint density at radius 3 is 2.74 bits per heavy atom. The van der Waals surface area contributed by atoms with Crippen molar-refractivity contribution >= 4 is 39.1 Å². The van der Waals surface area contributed by atoms with Crippen LogP contribution in [0.4, 0.5) is 0 Å². The van der Waals surface area contributed by atoms with Gasteiger partial charge in [-0.3, -0.25) is 9.79 Å². The van der Waals surface area contributed by atoms with Crippen LogP contribution in [-0.2, 0) is 32.5 Å². The minimum Gasteiger partial charge on any atom is -0.479 e. The number of hydrogen-bond acceptors (Lipinski definition) is 11. The predicted octanol–water partition coefficient (Wildman–Crippen LogP) is -0.452. The molecule has 6 N–H and O–H groups in total. The maximum Gasteiger partial charge on any atom is 0.340 e. The standard InChI is InChI=1S/C20H27N7O5S2/c1-13-4-2-5-15(10-13)34(31,32)27-20(21,18(29)30)12-14(28)11-17-26-25-16(33-17)6-3-7-22-19-23-8-9-24-19/h2,4-5,10,27H,3,6-9,11-12,21H2,1H3,(H,29,30)(H2,22,23,24). The third-order valence-corrected chi connectivity index (χ3v) is 7.36. The molecule has 14 heteroatoms. The van der Waals surface area contributed by atoms with Gasteiger partial charge in [0.2, 0.25) is 10.0 Å². The third-order valence-electron chi connectivity index (χ3n) is 4.87. The minimum atomic E-state index is -4.27. The number of rotatable bonds is 12. The molecule has 0 fully saturated rings. The highest BCUT2D eigenvalue weighted by Crippen LogP contribution is 2.18. The van der Waals surface area contributed by atoms with Gasteiger partial charge in [0.1, 0.15) is 15.8 Å². The van der Waals surface area contributed by atoms with Crippen molar-refractivity contribution in [2.75, 3.05) is 19.6 Å². The molecule has 2 heterocycles. The largest absolute Gasteiger partial charge is 0.479 e. The van der Waals surface area contributed by atoms with Crippen LogP contribution in [0.5, 0.6) is 0 Å². The summed E-state index contributed by atoms with van der Waals surface area (Å²) in [6.07, 6.45) is 0.490. The Balaban J connectivity index is 1.55. The number of nitrogens with two attached hydrogens (primary N) is 1. The van der Waals surface area contributed by atoms with E-state index in [4.69, 9.17) is 5.73 Å². The highest BCUT2D eigenvalue weighted by Gasteiger charge is 2.41. The zero-order valence-corrected chi connectivity index (χ0v) is 20.2. The van der Waals surface area contributed by atoms with Gasteiger partial charge in [0.25, 0.3) is 0 Å². The summed E-state index contributed by atoms with van der Waals surface area (Å²) in [5, 5.41) is 25.0. The molecule has 1 aromatic heterocycles. The summed E-state index contributed by atoms with van der Waals surface area (Å²) in [5.74, 6) is -1.46. The number of aromatic nitrogens is 2. The number of carboxylic acids is 1. The number of ketones is 1. The van der Waals surface area contributed by atoms with Crippen molar-refractivity contribution in [3.8, 4) is 0 Å². The molecule has 12 nitrogen and oxygen atoms in total. The monoisotopic (exact) mass is 509 g/mol. The minimum absolute atomic E-state index is 0.143. The van der Waals surface area contributed by atoms with Gasteiger partial charge in [0.15, 0.2) is 11.6 Å². The topological polar surface area (TPSA) is 189 Å². The Morgan fingerprint density at radius 1 is 1.29 bits per heavy atom. The smallest absolute Gasteiger partial charge is 0.340 e. The Morgan fingerprint density at radius 2 is 2.06 bits per heavy atom. The molecule has 0 saturated heterocycles. The van der Waals surface area contributed by atoms with Gasteiger partial charge in [0.05, 0.1) is 24.3 Å². The molecule has 2 aromatic rings. The van der Waals surface area contributed by atoms with Gasteiger partial charge in [-0.25, -0.2) is 13.2 Å². The molecule has 0 aliphatic carbocycles.